The monoisotopic (exact) mass is 678 g/mol. The summed E-state index contributed by atoms with van der Waals surface area (Å²) in [6, 6.07) is 44.2. The molecule has 0 aliphatic carbocycles. The van der Waals surface area contributed by atoms with Gasteiger partial charge >= 0.3 is 0 Å². The van der Waals surface area contributed by atoms with Crippen molar-refractivity contribution in [2.24, 2.45) is 0 Å². The SMILES string of the molecule is COc1ccc(Cc2cc([C@]3(OC)O[C@H](C)[C@@H](OCc4ccccc4)[C@H](OCc4ccccc4)[C@H]3OCc3ccccc3)ccc2Cl)cc1. The first-order valence-corrected chi connectivity index (χ1v) is 17.0. The molecule has 1 fully saturated rings. The van der Waals surface area contributed by atoms with Crippen LogP contribution in [0.2, 0.25) is 5.02 Å². The molecule has 1 aliphatic heterocycles. The fourth-order valence-electron chi connectivity index (χ4n) is 6.38. The van der Waals surface area contributed by atoms with Crippen molar-refractivity contribution in [3.8, 4) is 5.75 Å². The third-order valence-electron chi connectivity index (χ3n) is 8.97. The highest BCUT2D eigenvalue weighted by molar-refractivity contribution is 6.31. The van der Waals surface area contributed by atoms with Crippen molar-refractivity contribution >= 4 is 11.6 Å². The van der Waals surface area contributed by atoms with E-state index in [-0.39, 0.29) is 0 Å². The van der Waals surface area contributed by atoms with Gasteiger partial charge in [-0.25, -0.2) is 0 Å². The maximum Gasteiger partial charge on any atom is 0.224 e. The summed E-state index contributed by atoms with van der Waals surface area (Å²) in [5.41, 5.74) is 5.93. The van der Waals surface area contributed by atoms with E-state index in [1.54, 1.807) is 14.2 Å². The smallest absolute Gasteiger partial charge is 0.224 e. The van der Waals surface area contributed by atoms with Crippen LogP contribution in [0.4, 0.5) is 0 Å². The molecule has 1 saturated heterocycles. The van der Waals surface area contributed by atoms with Crippen LogP contribution in [-0.4, -0.2) is 38.6 Å². The van der Waals surface area contributed by atoms with Crippen LogP contribution in [-0.2, 0) is 55.7 Å². The molecular weight excluding hydrogens is 636 g/mol. The van der Waals surface area contributed by atoms with E-state index in [2.05, 4.69) is 30.3 Å². The molecule has 49 heavy (non-hydrogen) atoms. The lowest BCUT2D eigenvalue weighted by atomic mass is 9.86. The van der Waals surface area contributed by atoms with E-state index < -0.39 is 30.2 Å². The Morgan fingerprint density at radius 2 is 1.14 bits per heavy atom. The molecule has 6 rings (SSSR count). The molecule has 0 bridgehead atoms. The van der Waals surface area contributed by atoms with Gasteiger partial charge in [0.25, 0.3) is 0 Å². The highest BCUT2D eigenvalue weighted by atomic mass is 35.5. The van der Waals surface area contributed by atoms with Crippen LogP contribution in [0, 0.1) is 0 Å². The summed E-state index contributed by atoms with van der Waals surface area (Å²) in [6.07, 6.45) is -1.59. The number of ether oxygens (including phenoxy) is 6. The molecule has 6 nitrogen and oxygen atoms in total. The molecule has 0 radical (unpaired) electrons. The van der Waals surface area contributed by atoms with Gasteiger partial charge in [-0.1, -0.05) is 121 Å². The second-order valence-corrected chi connectivity index (χ2v) is 12.7. The third kappa shape index (κ3) is 8.42. The van der Waals surface area contributed by atoms with Gasteiger partial charge < -0.3 is 28.4 Å². The van der Waals surface area contributed by atoms with Crippen LogP contribution >= 0.6 is 11.6 Å². The average Bonchev–Trinajstić information content (AvgIpc) is 3.15. The van der Waals surface area contributed by atoms with Gasteiger partial charge in [-0.05, 0) is 65.4 Å². The average molecular weight is 679 g/mol. The van der Waals surface area contributed by atoms with Crippen molar-refractivity contribution in [3.63, 3.8) is 0 Å². The quantitative estimate of drug-likeness (QED) is 0.117. The van der Waals surface area contributed by atoms with Gasteiger partial charge in [-0.3, -0.25) is 0 Å². The number of halogens is 1. The van der Waals surface area contributed by atoms with Crippen molar-refractivity contribution in [2.75, 3.05) is 14.2 Å². The number of benzene rings is 5. The van der Waals surface area contributed by atoms with Gasteiger partial charge in [0.05, 0.1) is 33.0 Å². The molecular formula is C42H43ClO6. The molecule has 1 heterocycles. The highest BCUT2D eigenvalue weighted by Gasteiger charge is 2.57. The molecule has 0 unspecified atom stereocenters. The van der Waals surface area contributed by atoms with Crippen molar-refractivity contribution in [1.29, 1.82) is 0 Å². The molecule has 0 N–H and O–H groups in total. The van der Waals surface area contributed by atoms with Crippen LogP contribution in [0.15, 0.2) is 133 Å². The Morgan fingerprint density at radius 1 is 0.612 bits per heavy atom. The molecule has 0 spiro atoms. The molecule has 1 aliphatic rings. The van der Waals surface area contributed by atoms with E-state index in [0.717, 1.165) is 39.1 Å². The fourth-order valence-corrected chi connectivity index (χ4v) is 6.57. The highest BCUT2D eigenvalue weighted by Crippen LogP contribution is 2.44. The number of rotatable bonds is 14. The summed E-state index contributed by atoms with van der Waals surface area (Å²) >= 11 is 6.83. The summed E-state index contributed by atoms with van der Waals surface area (Å²) in [5.74, 6) is -0.544. The van der Waals surface area contributed by atoms with Crippen molar-refractivity contribution in [3.05, 3.63) is 172 Å². The Morgan fingerprint density at radius 3 is 1.67 bits per heavy atom. The maximum atomic E-state index is 6.96. The van der Waals surface area contributed by atoms with Crippen molar-refractivity contribution in [2.45, 2.75) is 63.4 Å². The summed E-state index contributed by atoms with van der Waals surface area (Å²) in [6.45, 7) is 3.07. The molecule has 0 amide bonds. The van der Waals surface area contributed by atoms with E-state index in [9.17, 15) is 0 Å². The van der Waals surface area contributed by atoms with E-state index in [1.165, 1.54) is 0 Å². The normalized spacial score (nSPS) is 22.1. The number of hydrogen-bond acceptors (Lipinski definition) is 6. The first-order chi connectivity index (χ1) is 24.0. The summed E-state index contributed by atoms with van der Waals surface area (Å²) in [5, 5.41) is 0.650. The molecule has 5 aromatic rings. The molecule has 0 aromatic heterocycles. The Balaban J connectivity index is 1.39. The van der Waals surface area contributed by atoms with Crippen LogP contribution in [0.5, 0.6) is 5.75 Å². The zero-order chi connectivity index (χ0) is 34.1. The summed E-state index contributed by atoms with van der Waals surface area (Å²) in [7, 11) is 3.32. The zero-order valence-corrected chi connectivity index (χ0v) is 28.9. The van der Waals surface area contributed by atoms with Crippen LogP contribution < -0.4 is 4.74 Å². The molecule has 5 atom stereocenters. The summed E-state index contributed by atoms with van der Waals surface area (Å²) in [4.78, 5) is 0. The van der Waals surface area contributed by atoms with Crippen molar-refractivity contribution < 1.29 is 28.4 Å². The van der Waals surface area contributed by atoms with Gasteiger partial charge in [-0.2, -0.15) is 0 Å². The zero-order valence-electron chi connectivity index (χ0n) is 28.2. The molecule has 0 saturated carbocycles. The van der Waals surface area contributed by atoms with E-state index in [0.29, 0.717) is 31.3 Å². The van der Waals surface area contributed by atoms with Crippen LogP contribution in [0.1, 0.15) is 40.3 Å². The third-order valence-corrected chi connectivity index (χ3v) is 9.34. The first kappa shape index (κ1) is 34.8. The topological polar surface area (TPSA) is 55.4 Å². The summed E-state index contributed by atoms with van der Waals surface area (Å²) < 4.78 is 39.2. The van der Waals surface area contributed by atoms with Gasteiger partial charge in [0.15, 0.2) is 0 Å². The fraction of sp³-hybridized carbons (Fsp3) is 0.286. The largest absolute Gasteiger partial charge is 0.497 e. The molecule has 5 aromatic carbocycles. The standard InChI is InChI=1S/C42H43ClO6/c1-30-39(46-27-32-13-7-4-8-14-32)40(47-28-33-15-9-5-10-16-33)41(48-29-34-17-11-6-12-18-34)42(45-3,49-30)36-21-24-38(43)35(26-36)25-31-19-22-37(44-2)23-20-31/h4-24,26,30,39-41H,25,27-29H2,1-3H3/t30-,39-,40+,41-,42+/m1/s1. The first-order valence-electron chi connectivity index (χ1n) is 16.6. The predicted molar refractivity (Wildman–Crippen MR) is 192 cm³/mol. The Kier molecular flexibility index (Phi) is 11.8. The van der Waals surface area contributed by atoms with Crippen LogP contribution in [0.3, 0.4) is 0 Å². The van der Waals surface area contributed by atoms with Gasteiger partial charge in [0, 0.05) is 17.7 Å². The van der Waals surface area contributed by atoms with E-state index in [1.807, 2.05) is 110 Å². The van der Waals surface area contributed by atoms with E-state index in [4.69, 9.17) is 40.0 Å². The minimum Gasteiger partial charge on any atom is -0.497 e. The second kappa shape index (κ2) is 16.6. The maximum absolute atomic E-state index is 6.96. The predicted octanol–water partition coefficient (Wildman–Crippen LogP) is 8.91. The lowest BCUT2D eigenvalue weighted by Gasteiger charge is -2.51. The van der Waals surface area contributed by atoms with Crippen LogP contribution in [0.25, 0.3) is 0 Å². The lowest BCUT2D eigenvalue weighted by Crippen LogP contribution is -2.64. The minimum atomic E-state index is -1.35. The number of methoxy groups -OCH3 is 2. The Bertz CT molecular complexity index is 1730. The van der Waals surface area contributed by atoms with Crippen molar-refractivity contribution in [1.82, 2.24) is 0 Å². The van der Waals surface area contributed by atoms with Gasteiger partial charge in [0.1, 0.15) is 24.1 Å². The van der Waals surface area contributed by atoms with E-state index >= 15 is 0 Å². The van der Waals surface area contributed by atoms with Gasteiger partial charge in [0.2, 0.25) is 5.79 Å². The second-order valence-electron chi connectivity index (χ2n) is 12.3. The molecule has 7 heteroatoms. The minimum absolute atomic E-state index is 0.317. The lowest BCUT2D eigenvalue weighted by molar-refractivity contribution is -0.379. The Hall–Kier alpha value is -4.01. The Labute approximate surface area is 294 Å². The molecule has 254 valence electrons. The van der Waals surface area contributed by atoms with Gasteiger partial charge in [-0.15, -0.1) is 0 Å². The number of hydrogen-bond donors (Lipinski definition) is 0.